The quantitative estimate of drug-likeness (QED) is 0.488. The van der Waals surface area contributed by atoms with Crippen molar-refractivity contribution in [2.24, 2.45) is 0 Å². The van der Waals surface area contributed by atoms with E-state index in [9.17, 15) is 0 Å². The van der Waals surface area contributed by atoms with Gasteiger partial charge in [-0.25, -0.2) is 4.98 Å². The van der Waals surface area contributed by atoms with Gasteiger partial charge in [-0.15, -0.1) is 0 Å². The van der Waals surface area contributed by atoms with E-state index in [1.54, 1.807) is 6.92 Å². The number of benzene rings is 3. The number of para-hydroxylation sites is 3. The van der Waals surface area contributed by atoms with Gasteiger partial charge in [-0.05, 0) is 49.7 Å². The van der Waals surface area contributed by atoms with E-state index in [2.05, 4.69) is 24.4 Å². The van der Waals surface area contributed by atoms with Crippen LogP contribution in [0.5, 0.6) is 0 Å². The van der Waals surface area contributed by atoms with Crippen LogP contribution in [0.2, 0.25) is 0 Å². The Labute approximate surface area is 171 Å². The fourth-order valence-corrected chi connectivity index (χ4v) is 2.92. The van der Waals surface area contributed by atoms with E-state index in [-0.39, 0.29) is 6.61 Å². The fraction of sp³-hybridized carbons (Fsp3) is 0.167. The van der Waals surface area contributed by atoms with Crippen molar-refractivity contribution in [1.29, 1.82) is 0 Å². The predicted molar refractivity (Wildman–Crippen MR) is 121 cm³/mol. The van der Waals surface area contributed by atoms with Gasteiger partial charge in [-0.2, -0.15) is 4.98 Å². The lowest BCUT2D eigenvalue weighted by Crippen LogP contribution is -2.14. The monoisotopic (exact) mass is 386 g/mol. The Morgan fingerprint density at radius 2 is 1.48 bits per heavy atom. The molecule has 1 heterocycles. The fourth-order valence-electron chi connectivity index (χ4n) is 2.92. The zero-order chi connectivity index (χ0) is 20.6. The average Bonchev–Trinajstić information content (AvgIpc) is 2.76. The van der Waals surface area contributed by atoms with Gasteiger partial charge in [0.05, 0.1) is 5.52 Å². The first kappa shape index (κ1) is 20.3. The lowest BCUT2D eigenvalue weighted by atomic mass is 10.2. The van der Waals surface area contributed by atoms with Crippen LogP contribution in [0.4, 0.5) is 23.1 Å². The van der Waals surface area contributed by atoms with Gasteiger partial charge in [-0.1, -0.05) is 48.5 Å². The lowest BCUT2D eigenvalue weighted by molar-refractivity contribution is 0.318. The molecule has 2 N–H and O–H groups in total. The van der Waals surface area contributed by atoms with Crippen molar-refractivity contribution >= 4 is 34.0 Å². The third-order valence-electron chi connectivity index (χ3n) is 4.43. The summed E-state index contributed by atoms with van der Waals surface area (Å²) in [5.74, 6) is 1.47. The van der Waals surface area contributed by atoms with Crippen LogP contribution < -0.4 is 10.2 Å². The van der Waals surface area contributed by atoms with Crippen LogP contribution in [0.3, 0.4) is 0 Å². The predicted octanol–water partition coefficient (Wildman–Crippen LogP) is 5.45. The Bertz CT molecular complexity index is 1070. The maximum atomic E-state index is 7.57. The minimum absolute atomic E-state index is 0.250. The third-order valence-corrected chi connectivity index (χ3v) is 4.43. The smallest absolute Gasteiger partial charge is 0.232 e. The summed E-state index contributed by atoms with van der Waals surface area (Å²) in [4.78, 5) is 11.6. The van der Waals surface area contributed by atoms with E-state index in [1.165, 1.54) is 5.56 Å². The van der Waals surface area contributed by atoms with Crippen molar-refractivity contribution in [3.63, 3.8) is 0 Å². The topological polar surface area (TPSA) is 61.3 Å². The Kier molecular flexibility index (Phi) is 6.76. The number of rotatable bonds is 4. The highest BCUT2D eigenvalue weighted by Crippen LogP contribution is 2.29. The van der Waals surface area contributed by atoms with Gasteiger partial charge in [0.1, 0.15) is 5.82 Å². The molecule has 0 amide bonds. The van der Waals surface area contributed by atoms with Gasteiger partial charge in [-0.3, -0.25) is 0 Å². The Morgan fingerprint density at radius 1 is 0.862 bits per heavy atom. The number of hydrogen-bond donors (Lipinski definition) is 2. The largest absolute Gasteiger partial charge is 0.397 e. The number of anilines is 4. The van der Waals surface area contributed by atoms with Gasteiger partial charge in [0.25, 0.3) is 0 Å². The first-order valence-electron chi connectivity index (χ1n) is 9.63. The molecule has 0 aliphatic heterocycles. The molecule has 0 unspecified atom stereocenters. The summed E-state index contributed by atoms with van der Waals surface area (Å²) in [7, 11) is 1.98. The number of aryl methyl sites for hydroxylation is 1. The molecule has 148 valence electrons. The summed E-state index contributed by atoms with van der Waals surface area (Å²) in [6.45, 7) is 4.02. The molecule has 29 heavy (non-hydrogen) atoms. The summed E-state index contributed by atoms with van der Waals surface area (Å²) in [6.07, 6.45) is 0. The van der Waals surface area contributed by atoms with Crippen molar-refractivity contribution in [3.8, 4) is 0 Å². The van der Waals surface area contributed by atoms with Crippen molar-refractivity contribution in [2.45, 2.75) is 13.8 Å². The highest BCUT2D eigenvalue weighted by atomic mass is 16.2. The second-order valence-electron chi connectivity index (χ2n) is 6.54. The van der Waals surface area contributed by atoms with Crippen LogP contribution in [0.15, 0.2) is 78.9 Å². The maximum absolute atomic E-state index is 7.57. The van der Waals surface area contributed by atoms with Crippen LogP contribution in [-0.4, -0.2) is 28.7 Å². The maximum Gasteiger partial charge on any atom is 0.232 e. The SMILES string of the molecule is CCO.Cc1ccccc1Nc1nc(N(C)c2ccccc2)nc2ccccc12. The number of aliphatic hydroxyl groups is 1. The molecular formula is C24H26N4O. The Morgan fingerprint density at radius 3 is 2.21 bits per heavy atom. The number of nitrogens with one attached hydrogen (secondary N) is 1. The first-order chi connectivity index (χ1) is 14.1. The normalized spacial score (nSPS) is 10.2. The minimum Gasteiger partial charge on any atom is -0.397 e. The Hall–Kier alpha value is -3.44. The number of aromatic nitrogens is 2. The van der Waals surface area contributed by atoms with Crippen molar-refractivity contribution in [1.82, 2.24) is 9.97 Å². The molecule has 4 rings (SSSR count). The minimum atomic E-state index is 0.250. The molecule has 0 aliphatic carbocycles. The van der Waals surface area contributed by atoms with Crippen LogP contribution >= 0.6 is 0 Å². The molecule has 4 aromatic rings. The van der Waals surface area contributed by atoms with Crippen molar-refractivity contribution in [2.75, 3.05) is 23.9 Å². The molecule has 5 nitrogen and oxygen atoms in total. The molecular weight excluding hydrogens is 360 g/mol. The van der Waals surface area contributed by atoms with E-state index in [0.717, 1.165) is 28.1 Å². The molecule has 0 atom stereocenters. The van der Waals surface area contributed by atoms with E-state index < -0.39 is 0 Å². The number of hydrogen-bond acceptors (Lipinski definition) is 5. The number of aliphatic hydroxyl groups excluding tert-OH is 1. The zero-order valence-electron chi connectivity index (χ0n) is 17.0. The molecule has 0 bridgehead atoms. The van der Waals surface area contributed by atoms with Gasteiger partial charge in [0.2, 0.25) is 5.95 Å². The standard InChI is InChI=1S/C22H20N4.C2H6O/c1-16-10-6-8-14-19(16)23-21-18-13-7-9-15-20(18)24-22(25-21)26(2)17-11-4-3-5-12-17;1-2-3/h3-15H,1-2H3,(H,23,24,25);3H,2H2,1H3. The van der Waals surface area contributed by atoms with Gasteiger partial charge in [0, 0.05) is 30.4 Å². The summed E-state index contributed by atoms with van der Waals surface area (Å²) >= 11 is 0. The van der Waals surface area contributed by atoms with Crippen LogP contribution in [-0.2, 0) is 0 Å². The first-order valence-corrected chi connectivity index (χ1v) is 9.63. The highest BCUT2D eigenvalue weighted by molar-refractivity contribution is 5.92. The molecule has 1 aromatic heterocycles. The van der Waals surface area contributed by atoms with E-state index >= 15 is 0 Å². The van der Waals surface area contributed by atoms with Crippen molar-refractivity contribution < 1.29 is 5.11 Å². The number of nitrogens with zero attached hydrogens (tertiary/aromatic N) is 3. The molecule has 3 aromatic carbocycles. The summed E-state index contributed by atoms with van der Waals surface area (Å²) in [6, 6.07) is 26.4. The summed E-state index contributed by atoms with van der Waals surface area (Å²) in [5, 5.41) is 12.1. The summed E-state index contributed by atoms with van der Waals surface area (Å²) < 4.78 is 0. The molecule has 0 aliphatic rings. The van der Waals surface area contributed by atoms with E-state index in [0.29, 0.717) is 5.95 Å². The van der Waals surface area contributed by atoms with Gasteiger partial charge < -0.3 is 15.3 Å². The van der Waals surface area contributed by atoms with Crippen LogP contribution in [0.1, 0.15) is 12.5 Å². The second kappa shape index (κ2) is 9.66. The molecule has 0 radical (unpaired) electrons. The molecule has 0 fully saturated rings. The molecule has 0 spiro atoms. The lowest BCUT2D eigenvalue weighted by Gasteiger charge is -2.19. The second-order valence-corrected chi connectivity index (χ2v) is 6.54. The van der Waals surface area contributed by atoms with Crippen molar-refractivity contribution in [3.05, 3.63) is 84.4 Å². The van der Waals surface area contributed by atoms with Crippen LogP contribution in [0, 0.1) is 6.92 Å². The van der Waals surface area contributed by atoms with E-state index in [1.807, 2.05) is 78.7 Å². The van der Waals surface area contributed by atoms with E-state index in [4.69, 9.17) is 15.1 Å². The zero-order valence-corrected chi connectivity index (χ0v) is 17.0. The molecule has 0 saturated heterocycles. The third kappa shape index (κ3) is 4.89. The average molecular weight is 386 g/mol. The number of fused-ring (bicyclic) bond motifs is 1. The van der Waals surface area contributed by atoms with Crippen LogP contribution in [0.25, 0.3) is 10.9 Å². The molecule has 0 saturated carbocycles. The molecule has 5 heteroatoms. The summed E-state index contributed by atoms with van der Waals surface area (Å²) in [5.41, 5.74) is 4.18. The van der Waals surface area contributed by atoms with Gasteiger partial charge in [0.15, 0.2) is 0 Å². The Balaban J connectivity index is 0.000000755. The van der Waals surface area contributed by atoms with Gasteiger partial charge >= 0.3 is 0 Å². The highest BCUT2D eigenvalue weighted by Gasteiger charge is 2.12.